The van der Waals surface area contributed by atoms with Crippen LogP contribution in [0, 0.1) is 11.8 Å². The highest BCUT2D eigenvalue weighted by molar-refractivity contribution is 5.96. The number of hydrogen-bond acceptors (Lipinski definition) is 6. The molecule has 1 N–H and O–H groups in total. The zero-order valence-corrected chi connectivity index (χ0v) is 23.1. The number of esters is 1. The number of fused-ring (bicyclic) bond motifs is 1. The van der Waals surface area contributed by atoms with Crippen molar-refractivity contribution in [3.63, 3.8) is 0 Å². The van der Waals surface area contributed by atoms with Gasteiger partial charge >= 0.3 is 18.3 Å². The molecular weight excluding hydrogens is 570 g/mol. The van der Waals surface area contributed by atoms with E-state index in [-0.39, 0.29) is 43.6 Å². The highest BCUT2D eigenvalue weighted by atomic mass is 19.4. The second kappa shape index (κ2) is 12.9. The molecule has 0 radical (unpaired) electrons. The fourth-order valence-electron chi connectivity index (χ4n) is 5.28. The number of carbonyl (C=O) groups is 2. The summed E-state index contributed by atoms with van der Waals surface area (Å²) in [5, 5.41) is 3.33. The summed E-state index contributed by atoms with van der Waals surface area (Å²) in [4.78, 5) is 26.1. The van der Waals surface area contributed by atoms with Gasteiger partial charge in [-0.25, -0.2) is 4.79 Å². The fourth-order valence-corrected chi connectivity index (χ4v) is 5.28. The third-order valence-corrected chi connectivity index (χ3v) is 7.38. The number of hydrogen-bond donors (Lipinski definition) is 1. The lowest BCUT2D eigenvalue weighted by atomic mass is 10.0. The molecule has 230 valence electrons. The van der Waals surface area contributed by atoms with E-state index in [4.69, 9.17) is 14.2 Å². The summed E-state index contributed by atoms with van der Waals surface area (Å²) in [5.74, 6) is -0.601. The number of benzene rings is 2. The summed E-state index contributed by atoms with van der Waals surface area (Å²) in [5.41, 5.74) is -2.94. The van der Waals surface area contributed by atoms with Gasteiger partial charge in [0.1, 0.15) is 12.4 Å². The number of likely N-dealkylation sites (tertiary alicyclic amines) is 1. The molecule has 1 unspecified atom stereocenters. The molecule has 2 aromatic rings. The van der Waals surface area contributed by atoms with Crippen LogP contribution in [0.25, 0.3) is 0 Å². The van der Waals surface area contributed by atoms with E-state index in [1.54, 1.807) is 26.0 Å². The Morgan fingerprint density at radius 1 is 0.952 bits per heavy atom. The maximum atomic E-state index is 13.5. The number of ether oxygens (including phenoxy) is 3. The third-order valence-electron chi connectivity index (χ3n) is 7.38. The smallest absolute Gasteiger partial charge is 0.417 e. The van der Waals surface area contributed by atoms with Gasteiger partial charge in [0, 0.05) is 38.7 Å². The van der Waals surface area contributed by atoms with Crippen molar-refractivity contribution in [2.75, 3.05) is 39.5 Å². The number of piperidine rings is 1. The molecule has 4 rings (SSSR count). The lowest BCUT2D eigenvalue weighted by Crippen LogP contribution is -2.37. The van der Waals surface area contributed by atoms with E-state index in [0.717, 1.165) is 5.56 Å². The predicted molar refractivity (Wildman–Crippen MR) is 139 cm³/mol. The number of nitrogens with one attached hydrogen (secondary N) is 1. The highest BCUT2D eigenvalue weighted by Crippen LogP contribution is 2.46. The largest absolute Gasteiger partial charge is 0.492 e. The molecule has 4 atom stereocenters. The molecule has 13 heteroatoms. The Kier molecular flexibility index (Phi) is 9.71. The zero-order chi connectivity index (χ0) is 30.7. The fraction of sp³-hybridized carbons (Fsp3) is 0.517. The van der Waals surface area contributed by atoms with Crippen LogP contribution in [0.4, 0.5) is 26.3 Å². The number of carbonyl (C=O) groups excluding carboxylic acids is 2. The van der Waals surface area contributed by atoms with Crippen LogP contribution in [0.5, 0.6) is 5.75 Å². The Labute approximate surface area is 239 Å². The zero-order valence-electron chi connectivity index (χ0n) is 23.1. The van der Waals surface area contributed by atoms with Crippen molar-refractivity contribution in [2.24, 2.45) is 11.8 Å². The van der Waals surface area contributed by atoms with Gasteiger partial charge in [-0.15, -0.1) is 0 Å². The lowest BCUT2D eigenvalue weighted by molar-refractivity contribution is -0.156. The van der Waals surface area contributed by atoms with E-state index in [9.17, 15) is 35.9 Å². The average Bonchev–Trinajstić information content (AvgIpc) is 3.37. The highest BCUT2D eigenvalue weighted by Gasteiger charge is 2.56. The Hall–Kier alpha value is -3.32. The number of amides is 1. The molecule has 2 aromatic carbocycles. The van der Waals surface area contributed by atoms with Crippen LogP contribution < -0.4 is 10.1 Å². The normalized spacial score (nSPS) is 20.7. The molecule has 7 nitrogen and oxygen atoms in total. The summed E-state index contributed by atoms with van der Waals surface area (Å²) < 4.78 is 95.6. The molecule has 42 heavy (non-hydrogen) atoms. The number of alkyl halides is 6. The predicted octanol–water partition coefficient (Wildman–Crippen LogP) is 4.97. The summed E-state index contributed by atoms with van der Waals surface area (Å²) in [7, 11) is 0. The Morgan fingerprint density at radius 3 is 2.19 bits per heavy atom. The van der Waals surface area contributed by atoms with Crippen molar-refractivity contribution in [2.45, 2.75) is 44.8 Å². The topological polar surface area (TPSA) is 77.1 Å². The molecule has 1 aliphatic carbocycles. The first-order valence-corrected chi connectivity index (χ1v) is 13.6. The molecule has 2 fully saturated rings. The maximum absolute atomic E-state index is 13.5. The van der Waals surface area contributed by atoms with Gasteiger partial charge in [0.15, 0.2) is 6.10 Å². The SMILES string of the molecule is CCOC(=O)[C@H](Cc1ccc(OCCN[C@H]2C3CN(C(=O)c4ccc(C(F)(F)F)cc4C(F)(F)F)C[C@@H]32)cc1)OCC. The van der Waals surface area contributed by atoms with Gasteiger partial charge in [-0.05, 0) is 61.6 Å². The Bertz CT molecular complexity index is 1240. The molecule has 1 saturated heterocycles. The second-order valence-corrected chi connectivity index (χ2v) is 10.2. The molecule has 1 heterocycles. The summed E-state index contributed by atoms with van der Waals surface area (Å²) in [6.07, 6.45) is -10.4. The first-order valence-electron chi connectivity index (χ1n) is 13.6. The van der Waals surface area contributed by atoms with Crippen LogP contribution in [0.1, 0.15) is 40.9 Å². The van der Waals surface area contributed by atoms with Gasteiger partial charge in [0.2, 0.25) is 0 Å². The minimum atomic E-state index is -5.10. The van der Waals surface area contributed by atoms with E-state index in [1.807, 2.05) is 12.1 Å². The van der Waals surface area contributed by atoms with E-state index < -0.39 is 47.0 Å². The molecular formula is C29H32F6N2O5. The monoisotopic (exact) mass is 602 g/mol. The molecule has 0 bridgehead atoms. The van der Waals surface area contributed by atoms with Crippen molar-refractivity contribution >= 4 is 11.9 Å². The Balaban J connectivity index is 1.22. The van der Waals surface area contributed by atoms with E-state index in [0.29, 0.717) is 44.1 Å². The van der Waals surface area contributed by atoms with Crippen molar-refractivity contribution in [1.82, 2.24) is 10.2 Å². The van der Waals surface area contributed by atoms with Crippen LogP contribution in [-0.4, -0.2) is 68.4 Å². The van der Waals surface area contributed by atoms with E-state index >= 15 is 0 Å². The third kappa shape index (κ3) is 7.54. The quantitative estimate of drug-likeness (QED) is 0.210. The van der Waals surface area contributed by atoms with Crippen LogP contribution in [0.3, 0.4) is 0 Å². The molecule has 2 aliphatic rings. The molecule has 0 aromatic heterocycles. The number of rotatable bonds is 12. The minimum Gasteiger partial charge on any atom is -0.492 e. The van der Waals surface area contributed by atoms with Crippen LogP contribution in [-0.2, 0) is 33.0 Å². The van der Waals surface area contributed by atoms with E-state index in [1.165, 1.54) is 4.90 Å². The van der Waals surface area contributed by atoms with Gasteiger partial charge in [-0.2, -0.15) is 26.3 Å². The van der Waals surface area contributed by atoms with Crippen LogP contribution >= 0.6 is 0 Å². The summed E-state index contributed by atoms with van der Waals surface area (Å²) in [6.45, 7) is 5.48. The standard InChI is InChI=1S/C29H32F6N2O5/c1-3-40-24(27(39)41-4-2)13-17-5-8-19(9-6-17)42-12-11-36-25-21-15-37(16-22(21)25)26(38)20-10-7-18(28(30,31)32)14-23(20)29(33,34)35/h5-10,14,21-22,24-25,36H,3-4,11-13,15-16H2,1-2H3/t21-,22?,24-,25+/m0/s1. The van der Waals surface area contributed by atoms with Crippen molar-refractivity contribution < 1.29 is 50.1 Å². The summed E-state index contributed by atoms with van der Waals surface area (Å²) in [6, 6.07) is 8.42. The Morgan fingerprint density at radius 2 is 1.62 bits per heavy atom. The number of nitrogens with zero attached hydrogens (tertiary/aromatic N) is 1. The first kappa shape index (κ1) is 31.6. The lowest BCUT2D eigenvalue weighted by Gasteiger charge is -2.23. The maximum Gasteiger partial charge on any atom is 0.417 e. The van der Waals surface area contributed by atoms with Crippen molar-refractivity contribution in [3.05, 3.63) is 64.7 Å². The molecule has 1 amide bonds. The second-order valence-electron chi connectivity index (χ2n) is 10.2. The first-order chi connectivity index (χ1) is 19.8. The van der Waals surface area contributed by atoms with Gasteiger partial charge < -0.3 is 24.4 Å². The average molecular weight is 603 g/mol. The van der Waals surface area contributed by atoms with E-state index in [2.05, 4.69) is 5.32 Å². The molecule has 0 spiro atoms. The van der Waals surface area contributed by atoms with Gasteiger partial charge in [0.25, 0.3) is 5.91 Å². The van der Waals surface area contributed by atoms with Crippen molar-refractivity contribution in [3.8, 4) is 5.75 Å². The molecule has 1 aliphatic heterocycles. The number of halogens is 6. The van der Waals surface area contributed by atoms with Crippen LogP contribution in [0.15, 0.2) is 42.5 Å². The van der Waals surface area contributed by atoms with Gasteiger partial charge in [-0.1, -0.05) is 12.1 Å². The van der Waals surface area contributed by atoms with Crippen LogP contribution in [0.2, 0.25) is 0 Å². The van der Waals surface area contributed by atoms with Gasteiger partial charge in [0.05, 0.1) is 23.3 Å². The molecule has 1 saturated carbocycles. The van der Waals surface area contributed by atoms with Gasteiger partial charge in [-0.3, -0.25) is 4.79 Å². The minimum absolute atomic E-state index is 0.0109. The van der Waals surface area contributed by atoms with Crippen molar-refractivity contribution in [1.29, 1.82) is 0 Å². The summed E-state index contributed by atoms with van der Waals surface area (Å²) >= 11 is 0.